The van der Waals surface area contributed by atoms with Crippen molar-refractivity contribution in [2.24, 2.45) is 0 Å². The van der Waals surface area contributed by atoms with Gasteiger partial charge in [-0.2, -0.15) is 0 Å². The number of anilines is 2. The van der Waals surface area contributed by atoms with E-state index in [9.17, 15) is 0 Å². The zero-order valence-corrected chi connectivity index (χ0v) is 14.6. The van der Waals surface area contributed by atoms with Crippen LogP contribution >= 0.6 is 15.9 Å². The maximum absolute atomic E-state index is 4.54. The molecule has 2 nitrogen and oxygen atoms in total. The molecule has 0 bridgehead atoms. The lowest BCUT2D eigenvalue weighted by atomic mass is 9.98. The minimum absolute atomic E-state index is 0.974. The van der Waals surface area contributed by atoms with E-state index in [-0.39, 0.29) is 0 Å². The molecule has 0 radical (unpaired) electrons. The van der Waals surface area contributed by atoms with Gasteiger partial charge in [0.25, 0.3) is 0 Å². The van der Waals surface area contributed by atoms with Crippen molar-refractivity contribution in [1.82, 2.24) is 4.98 Å². The molecule has 0 aliphatic heterocycles. The van der Waals surface area contributed by atoms with Gasteiger partial charge in [-0.1, -0.05) is 6.07 Å². The molecule has 0 atom stereocenters. The van der Waals surface area contributed by atoms with E-state index in [2.05, 4.69) is 79.6 Å². The van der Waals surface area contributed by atoms with Crippen molar-refractivity contribution in [3.8, 4) is 0 Å². The predicted octanol–water partition coefficient (Wildman–Crippen LogP) is 5.15. The quantitative estimate of drug-likeness (QED) is 0.755. The van der Waals surface area contributed by atoms with Crippen LogP contribution < -0.4 is 4.90 Å². The standard InChI is InChI=1S/C17H21BrN2/c1-10-7-11(2)14(5)17(13(10)4)20(6)16-8-12(3)15(18)9-19-16/h7-9H,1-6H3. The molecule has 0 saturated carbocycles. The second-order valence-corrected chi connectivity index (χ2v) is 6.31. The van der Waals surface area contributed by atoms with Gasteiger partial charge in [0.05, 0.1) is 0 Å². The Labute approximate surface area is 130 Å². The molecule has 20 heavy (non-hydrogen) atoms. The first kappa shape index (κ1) is 15.0. The predicted molar refractivity (Wildman–Crippen MR) is 90.1 cm³/mol. The van der Waals surface area contributed by atoms with Gasteiger partial charge in [-0.05, 0) is 84.4 Å². The summed E-state index contributed by atoms with van der Waals surface area (Å²) in [5.41, 5.74) is 7.74. The average molecular weight is 333 g/mol. The Bertz CT molecular complexity index is 636. The Morgan fingerprint density at radius 2 is 1.45 bits per heavy atom. The van der Waals surface area contributed by atoms with Gasteiger partial charge in [0, 0.05) is 23.4 Å². The summed E-state index contributed by atoms with van der Waals surface area (Å²) in [4.78, 5) is 6.72. The Kier molecular flexibility index (Phi) is 4.19. The zero-order valence-electron chi connectivity index (χ0n) is 13.0. The van der Waals surface area contributed by atoms with Gasteiger partial charge < -0.3 is 4.90 Å². The molecule has 3 heteroatoms. The third kappa shape index (κ3) is 2.59. The van der Waals surface area contributed by atoms with E-state index in [0.717, 1.165) is 10.3 Å². The van der Waals surface area contributed by atoms with Crippen molar-refractivity contribution in [3.05, 3.63) is 50.6 Å². The van der Waals surface area contributed by atoms with E-state index in [0.29, 0.717) is 0 Å². The third-order valence-corrected chi connectivity index (χ3v) is 4.87. The second-order valence-electron chi connectivity index (χ2n) is 5.46. The van der Waals surface area contributed by atoms with Crippen molar-refractivity contribution >= 4 is 27.4 Å². The van der Waals surface area contributed by atoms with Gasteiger partial charge in [-0.25, -0.2) is 4.98 Å². The second kappa shape index (κ2) is 5.57. The number of halogens is 1. The van der Waals surface area contributed by atoms with Crippen LogP contribution in [0.25, 0.3) is 0 Å². The van der Waals surface area contributed by atoms with Gasteiger partial charge in [-0.15, -0.1) is 0 Å². The van der Waals surface area contributed by atoms with E-state index in [1.54, 1.807) is 0 Å². The van der Waals surface area contributed by atoms with Crippen molar-refractivity contribution in [2.75, 3.05) is 11.9 Å². The number of hydrogen-bond acceptors (Lipinski definition) is 2. The molecule has 2 aromatic rings. The summed E-state index contributed by atoms with van der Waals surface area (Å²) in [7, 11) is 2.09. The summed E-state index contributed by atoms with van der Waals surface area (Å²) in [6, 6.07) is 4.36. The fraction of sp³-hybridized carbons (Fsp3) is 0.353. The van der Waals surface area contributed by atoms with E-state index in [1.165, 1.54) is 33.5 Å². The summed E-state index contributed by atoms with van der Waals surface area (Å²) < 4.78 is 1.04. The molecule has 1 aromatic heterocycles. The minimum Gasteiger partial charge on any atom is -0.329 e. The van der Waals surface area contributed by atoms with E-state index in [4.69, 9.17) is 0 Å². The first-order chi connectivity index (χ1) is 9.32. The average Bonchev–Trinajstić information content (AvgIpc) is 2.40. The van der Waals surface area contributed by atoms with Crippen LogP contribution in [0.3, 0.4) is 0 Å². The molecular formula is C17H21BrN2. The summed E-state index contributed by atoms with van der Waals surface area (Å²) in [6.45, 7) is 10.8. The lowest BCUT2D eigenvalue weighted by molar-refractivity contribution is 1.07. The smallest absolute Gasteiger partial charge is 0.133 e. The Morgan fingerprint density at radius 1 is 0.900 bits per heavy atom. The molecule has 1 aromatic carbocycles. The normalized spacial score (nSPS) is 10.8. The van der Waals surface area contributed by atoms with Crippen molar-refractivity contribution in [2.45, 2.75) is 34.6 Å². The fourth-order valence-electron chi connectivity index (χ4n) is 2.52. The maximum Gasteiger partial charge on any atom is 0.133 e. The van der Waals surface area contributed by atoms with Gasteiger partial charge in [-0.3, -0.25) is 0 Å². The number of aryl methyl sites for hydroxylation is 3. The molecule has 1 heterocycles. The summed E-state index contributed by atoms with van der Waals surface area (Å²) >= 11 is 3.51. The molecule has 0 unspecified atom stereocenters. The SMILES string of the molecule is Cc1cc(N(C)c2c(C)c(C)cc(C)c2C)ncc1Br. The molecule has 0 aliphatic carbocycles. The topological polar surface area (TPSA) is 16.1 Å². The molecule has 0 spiro atoms. The first-order valence-corrected chi connectivity index (χ1v) is 7.55. The lowest BCUT2D eigenvalue weighted by Gasteiger charge is -2.25. The van der Waals surface area contributed by atoms with Crippen LogP contribution in [0.5, 0.6) is 0 Å². The first-order valence-electron chi connectivity index (χ1n) is 6.76. The number of nitrogens with zero attached hydrogens (tertiary/aromatic N) is 2. The van der Waals surface area contributed by atoms with Crippen LogP contribution in [0.1, 0.15) is 27.8 Å². The summed E-state index contributed by atoms with van der Waals surface area (Å²) in [5, 5.41) is 0. The molecule has 0 amide bonds. The van der Waals surface area contributed by atoms with E-state index >= 15 is 0 Å². The molecule has 106 valence electrons. The van der Waals surface area contributed by atoms with Crippen LogP contribution in [0, 0.1) is 34.6 Å². The minimum atomic E-state index is 0.974. The molecular weight excluding hydrogens is 312 g/mol. The number of hydrogen-bond donors (Lipinski definition) is 0. The maximum atomic E-state index is 4.54. The van der Waals surface area contributed by atoms with Crippen molar-refractivity contribution in [3.63, 3.8) is 0 Å². The van der Waals surface area contributed by atoms with E-state index in [1.807, 2.05) is 6.20 Å². The zero-order chi connectivity index (χ0) is 15.0. The Hall–Kier alpha value is -1.35. The van der Waals surface area contributed by atoms with Gasteiger partial charge in [0.15, 0.2) is 0 Å². The van der Waals surface area contributed by atoms with Crippen LogP contribution in [0.2, 0.25) is 0 Å². The Morgan fingerprint density at radius 3 is 1.95 bits per heavy atom. The number of pyridine rings is 1. The molecule has 0 N–H and O–H groups in total. The van der Waals surface area contributed by atoms with Gasteiger partial charge in [0.2, 0.25) is 0 Å². The van der Waals surface area contributed by atoms with Gasteiger partial charge in [0.1, 0.15) is 5.82 Å². The molecule has 0 aliphatic rings. The van der Waals surface area contributed by atoms with Crippen LogP contribution in [0.4, 0.5) is 11.5 Å². The summed E-state index contributed by atoms with van der Waals surface area (Å²) in [5.74, 6) is 0.974. The monoisotopic (exact) mass is 332 g/mol. The highest BCUT2D eigenvalue weighted by Crippen LogP contribution is 2.33. The Balaban J connectivity index is 2.58. The molecule has 2 rings (SSSR count). The number of rotatable bonds is 2. The summed E-state index contributed by atoms with van der Waals surface area (Å²) in [6.07, 6.45) is 1.87. The highest BCUT2D eigenvalue weighted by atomic mass is 79.9. The van der Waals surface area contributed by atoms with Crippen LogP contribution in [-0.2, 0) is 0 Å². The van der Waals surface area contributed by atoms with E-state index < -0.39 is 0 Å². The third-order valence-electron chi connectivity index (χ3n) is 4.04. The molecule has 0 fully saturated rings. The molecule has 0 saturated heterocycles. The van der Waals surface area contributed by atoms with Crippen LogP contribution in [0.15, 0.2) is 22.8 Å². The number of aromatic nitrogens is 1. The fourth-order valence-corrected chi connectivity index (χ4v) is 2.74. The van der Waals surface area contributed by atoms with Gasteiger partial charge >= 0.3 is 0 Å². The lowest BCUT2D eigenvalue weighted by Crippen LogP contribution is -2.15. The largest absolute Gasteiger partial charge is 0.329 e. The van der Waals surface area contributed by atoms with Crippen molar-refractivity contribution < 1.29 is 0 Å². The highest BCUT2D eigenvalue weighted by molar-refractivity contribution is 9.10. The number of benzene rings is 1. The van der Waals surface area contributed by atoms with Crippen molar-refractivity contribution in [1.29, 1.82) is 0 Å². The highest BCUT2D eigenvalue weighted by Gasteiger charge is 2.15. The van der Waals surface area contributed by atoms with Crippen LogP contribution in [-0.4, -0.2) is 12.0 Å².